The van der Waals surface area contributed by atoms with Crippen LogP contribution in [0, 0.1) is 0 Å². The maximum absolute atomic E-state index is 5.58. The second-order valence-electron chi connectivity index (χ2n) is 3.46. The highest BCUT2D eigenvalue weighted by Gasteiger charge is 2.22. The molecule has 0 aliphatic heterocycles. The van der Waals surface area contributed by atoms with Gasteiger partial charge in [0.2, 0.25) is 0 Å². The smallest absolute Gasteiger partial charge is 0.162 e. The van der Waals surface area contributed by atoms with E-state index in [1.54, 1.807) is 30.3 Å². The van der Waals surface area contributed by atoms with Gasteiger partial charge < -0.3 is 4.74 Å². The number of nitrogens with one attached hydrogen (secondary N) is 1. The summed E-state index contributed by atoms with van der Waals surface area (Å²) in [5.74, 6) is 6.24. The van der Waals surface area contributed by atoms with Crippen LogP contribution in [0.15, 0.2) is 24.8 Å². The van der Waals surface area contributed by atoms with Crippen molar-refractivity contribution >= 4 is 0 Å². The summed E-state index contributed by atoms with van der Waals surface area (Å²) in [7, 11) is 3.41. The predicted octanol–water partition coefficient (Wildman–Crippen LogP) is -0.229. The molecule has 7 heteroatoms. The number of hydrogen-bond acceptors (Lipinski definition) is 6. The quantitative estimate of drug-likeness (QED) is 0.561. The molecular weight excluding hydrogens is 220 g/mol. The topological polar surface area (TPSA) is 90.9 Å². The Labute approximate surface area is 98.6 Å². The molecule has 0 saturated heterocycles. The van der Waals surface area contributed by atoms with Crippen LogP contribution in [-0.2, 0) is 7.05 Å². The summed E-state index contributed by atoms with van der Waals surface area (Å²) in [4.78, 5) is 8.05. The van der Waals surface area contributed by atoms with Crippen molar-refractivity contribution in [1.29, 1.82) is 0 Å². The Bertz CT molecular complexity index is 483. The van der Waals surface area contributed by atoms with Gasteiger partial charge in [-0.2, -0.15) is 5.10 Å². The second kappa shape index (κ2) is 4.89. The number of ether oxygens (including phenoxy) is 1. The fourth-order valence-electron chi connectivity index (χ4n) is 1.69. The molecule has 0 aliphatic carbocycles. The molecule has 0 fully saturated rings. The van der Waals surface area contributed by atoms with Crippen molar-refractivity contribution < 1.29 is 4.74 Å². The van der Waals surface area contributed by atoms with Crippen LogP contribution in [0.5, 0.6) is 5.75 Å². The van der Waals surface area contributed by atoms with Crippen molar-refractivity contribution in [3.05, 3.63) is 36.2 Å². The number of hydrogen-bond donors (Lipinski definition) is 2. The third-order valence-electron chi connectivity index (χ3n) is 2.51. The first-order chi connectivity index (χ1) is 8.27. The lowest BCUT2D eigenvalue weighted by Gasteiger charge is -2.16. The second-order valence-corrected chi connectivity index (χ2v) is 3.46. The molecule has 2 rings (SSSR count). The molecule has 1 unspecified atom stereocenters. The van der Waals surface area contributed by atoms with Crippen LogP contribution in [0.2, 0.25) is 0 Å². The van der Waals surface area contributed by atoms with Crippen molar-refractivity contribution in [2.75, 3.05) is 7.11 Å². The molecule has 17 heavy (non-hydrogen) atoms. The molecule has 0 aliphatic rings. The highest BCUT2D eigenvalue weighted by atomic mass is 16.5. The van der Waals surface area contributed by atoms with Crippen LogP contribution in [0.25, 0.3) is 0 Å². The van der Waals surface area contributed by atoms with E-state index in [9.17, 15) is 0 Å². The lowest BCUT2D eigenvalue weighted by molar-refractivity contribution is 0.400. The average Bonchev–Trinajstić information content (AvgIpc) is 2.74. The largest absolute Gasteiger partial charge is 0.493 e. The summed E-state index contributed by atoms with van der Waals surface area (Å²) in [6, 6.07) is 1.50. The van der Waals surface area contributed by atoms with E-state index in [2.05, 4.69) is 20.5 Å². The van der Waals surface area contributed by atoms with Gasteiger partial charge in [0.15, 0.2) is 5.75 Å². The first-order valence-electron chi connectivity index (χ1n) is 5.05. The van der Waals surface area contributed by atoms with E-state index in [1.165, 1.54) is 6.33 Å². The summed E-state index contributed by atoms with van der Waals surface area (Å²) in [6.45, 7) is 0. The van der Waals surface area contributed by atoms with Crippen LogP contribution in [-0.4, -0.2) is 26.9 Å². The third kappa shape index (κ3) is 2.10. The van der Waals surface area contributed by atoms with E-state index < -0.39 is 0 Å². The lowest BCUT2D eigenvalue weighted by Crippen LogP contribution is -2.31. The molecule has 2 heterocycles. The van der Waals surface area contributed by atoms with E-state index in [4.69, 9.17) is 10.6 Å². The van der Waals surface area contributed by atoms with Gasteiger partial charge in [-0.1, -0.05) is 0 Å². The summed E-state index contributed by atoms with van der Waals surface area (Å²) < 4.78 is 6.95. The van der Waals surface area contributed by atoms with Gasteiger partial charge in [0, 0.05) is 13.2 Å². The highest BCUT2D eigenvalue weighted by Crippen LogP contribution is 2.27. The summed E-state index contributed by atoms with van der Waals surface area (Å²) in [5, 5.41) is 4.13. The molecule has 0 amide bonds. The maximum atomic E-state index is 5.58. The van der Waals surface area contributed by atoms with E-state index in [0.717, 1.165) is 11.4 Å². The Morgan fingerprint density at radius 2 is 2.35 bits per heavy atom. The fourth-order valence-corrected chi connectivity index (χ4v) is 1.69. The van der Waals surface area contributed by atoms with E-state index in [0.29, 0.717) is 5.75 Å². The molecule has 0 spiro atoms. The van der Waals surface area contributed by atoms with Gasteiger partial charge in [0.25, 0.3) is 0 Å². The normalized spacial score (nSPS) is 12.4. The molecule has 0 bridgehead atoms. The first-order valence-corrected chi connectivity index (χ1v) is 5.05. The molecule has 0 aromatic carbocycles. The zero-order chi connectivity index (χ0) is 12.3. The minimum atomic E-state index is -0.291. The third-order valence-corrected chi connectivity index (χ3v) is 2.51. The highest BCUT2D eigenvalue weighted by molar-refractivity contribution is 5.33. The van der Waals surface area contributed by atoms with Crippen molar-refractivity contribution in [2.45, 2.75) is 6.04 Å². The van der Waals surface area contributed by atoms with Crippen molar-refractivity contribution in [3.8, 4) is 5.75 Å². The fraction of sp³-hybridized carbons (Fsp3) is 0.300. The minimum Gasteiger partial charge on any atom is -0.493 e. The van der Waals surface area contributed by atoms with Gasteiger partial charge in [-0.05, 0) is 6.07 Å². The van der Waals surface area contributed by atoms with Crippen LogP contribution in [0.4, 0.5) is 0 Å². The maximum Gasteiger partial charge on any atom is 0.162 e. The summed E-state index contributed by atoms with van der Waals surface area (Å²) in [6.07, 6.45) is 4.78. The Morgan fingerprint density at radius 1 is 1.53 bits per heavy atom. The van der Waals surface area contributed by atoms with Gasteiger partial charge in [-0.3, -0.25) is 10.5 Å². The van der Waals surface area contributed by atoms with Crippen LogP contribution < -0.4 is 16.0 Å². The van der Waals surface area contributed by atoms with Gasteiger partial charge in [0.1, 0.15) is 18.1 Å². The minimum absolute atomic E-state index is 0.291. The van der Waals surface area contributed by atoms with Crippen LogP contribution in [0.1, 0.15) is 17.4 Å². The number of hydrazine groups is 1. The molecular formula is C10H14N6O. The molecule has 2 aromatic rings. The lowest BCUT2D eigenvalue weighted by atomic mass is 10.1. The molecule has 0 radical (unpaired) electrons. The molecule has 3 N–H and O–H groups in total. The van der Waals surface area contributed by atoms with Gasteiger partial charge >= 0.3 is 0 Å². The first kappa shape index (κ1) is 11.5. The van der Waals surface area contributed by atoms with Crippen molar-refractivity contribution in [1.82, 2.24) is 25.2 Å². The van der Waals surface area contributed by atoms with Crippen LogP contribution in [0.3, 0.4) is 0 Å². The summed E-state index contributed by atoms with van der Waals surface area (Å²) in [5.41, 5.74) is 4.27. The number of nitrogens with zero attached hydrogens (tertiary/aromatic N) is 4. The monoisotopic (exact) mass is 234 g/mol. The zero-order valence-corrected chi connectivity index (χ0v) is 9.66. The predicted molar refractivity (Wildman–Crippen MR) is 61.0 cm³/mol. The molecule has 2 aromatic heterocycles. The number of aromatic nitrogens is 4. The SMILES string of the molecule is COc1cnn(C)c1C(NN)c1ccncn1. The molecule has 1 atom stereocenters. The number of aryl methyl sites for hydroxylation is 1. The van der Waals surface area contributed by atoms with Gasteiger partial charge in [0.05, 0.1) is 19.0 Å². The molecule has 7 nitrogen and oxygen atoms in total. The van der Waals surface area contributed by atoms with Crippen LogP contribution >= 0.6 is 0 Å². The Morgan fingerprint density at radius 3 is 2.94 bits per heavy atom. The summed E-state index contributed by atoms with van der Waals surface area (Å²) >= 11 is 0. The number of rotatable bonds is 4. The van der Waals surface area contributed by atoms with E-state index in [-0.39, 0.29) is 6.04 Å². The Hall–Kier alpha value is -1.99. The van der Waals surface area contributed by atoms with E-state index in [1.807, 2.05) is 7.05 Å². The van der Waals surface area contributed by atoms with Gasteiger partial charge in [-0.25, -0.2) is 15.4 Å². The Kier molecular flexibility index (Phi) is 3.31. The molecule has 0 saturated carbocycles. The standard InChI is InChI=1S/C10H14N6O/c1-16-10(8(17-2)5-14-16)9(15-11)7-3-4-12-6-13-7/h3-6,9,15H,11H2,1-2H3. The van der Waals surface area contributed by atoms with Gasteiger partial charge in [-0.15, -0.1) is 0 Å². The zero-order valence-electron chi connectivity index (χ0n) is 9.66. The average molecular weight is 234 g/mol. The number of methoxy groups -OCH3 is 1. The van der Waals surface area contributed by atoms with Crippen molar-refractivity contribution in [2.24, 2.45) is 12.9 Å². The molecule has 90 valence electrons. The van der Waals surface area contributed by atoms with Crippen molar-refractivity contribution in [3.63, 3.8) is 0 Å². The van der Waals surface area contributed by atoms with E-state index >= 15 is 0 Å². The number of nitrogens with two attached hydrogens (primary N) is 1. The Balaban J connectivity index is 2.45.